The first-order valence-electron chi connectivity index (χ1n) is 6.41. The molecule has 0 amide bonds. The number of aromatic nitrogens is 3. The summed E-state index contributed by atoms with van der Waals surface area (Å²) in [5.41, 5.74) is 10.3. The van der Waals surface area contributed by atoms with Crippen molar-refractivity contribution in [3.05, 3.63) is 54.7 Å². The number of anilines is 1. The average molecular weight is 260 g/mol. The topological polar surface area (TPSA) is 67.6 Å². The fourth-order valence-electron chi connectivity index (χ4n) is 2.48. The van der Waals surface area contributed by atoms with Crippen molar-refractivity contribution in [2.75, 3.05) is 5.73 Å². The molecule has 4 heteroatoms. The number of nitrogens with two attached hydrogens (primary N) is 1. The van der Waals surface area contributed by atoms with E-state index in [2.05, 4.69) is 15.0 Å². The lowest BCUT2D eigenvalue weighted by molar-refractivity contribution is 1.32. The third-order valence-corrected chi connectivity index (χ3v) is 3.43. The van der Waals surface area contributed by atoms with Gasteiger partial charge < -0.3 is 10.7 Å². The molecule has 2 aromatic carbocycles. The monoisotopic (exact) mass is 260 g/mol. The molecule has 0 bridgehead atoms. The molecular formula is C16H12N4. The Balaban J connectivity index is 2.04. The Labute approximate surface area is 115 Å². The van der Waals surface area contributed by atoms with Crippen molar-refractivity contribution in [2.24, 2.45) is 0 Å². The minimum Gasteiger partial charge on any atom is -0.397 e. The zero-order chi connectivity index (χ0) is 13.5. The minimum atomic E-state index is 0.679. The number of fused-ring (bicyclic) bond motifs is 2. The number of benzene rings is 2. The summed E-state index contributed by atoms with van der Waals surface area (Å²) in [6.45, 7) is 0. The number of rotatable bonds is 1. The minimum absolute atomic E-state index is 0.679. The fraction of sp³-hybridized carbons (Fsp3) is 0. The van der Waals surface area contributed by atoms with Gasteiger partial charge >= 0.3 is 0 Å². The first-order valence-corrected chi connectivity index (χ1v) is 6.41. The highest BCUT2D eigenvalue weighted by Gasteiger charge is 2.10. The number of nitrogens with one attached hydrogen (secondary N) is 1. The molecular weight excluding hydrogens is 248 g/mol. The standard InChI is InChI=1S/C16H12N4/c17-12-7-2-8-13-15(12)20-16(19-13)11-6-1-4-10-5-3-9-18-14(10)11/h1-9H,17H2,(H,19,20). The van der Waals surface area contributed by atoms with Gasteiger partial charge in [-0.3, -0.25) is 4.98 Å². The van der Waals surface area contributed by atoms with E-state index in [1.165, 1.54) is 0 Å². The Morgan fingerprint density at radius 2 is 1.75 bits per heavy atom. The second-order valence-corrected chi connectivity index (χ2v) is 4.71. The third-order valence-electron chi connectivity index (χ3n) is 3.43. The molecule has 96 valence electrons. The van der Waals surface area contributed by atoms with Crippen molar-refractivity contribution < 1.29 is 0 Å². The molecule has 3 N–H and O–H groups in total. The second kappa shape index (κ2) is 4.06. The lowest BCUT2D eigenvalue weighted by atomic mass is 10.1. The summed E-state index contributed by atoms with van der Waals surface area (Å²) in [5, 5.41) is 1.10. The lowest BCUT2D eigenvalue weighted by Gasteiger charge is -2.01. The van der Waals surface area contributed by atoms with Crippen LogP contribution >= 0.6 is 0 Å². The number of hydrogen-bond acceptors (Lipinski definition) is 3. The molecule has 0 saturated heterocycles. The SMILES string of the molecule is Nc1cccc2[nH]c(-c3cccc4cccnc34)nc12. The average Bonchev–Trinajstić information content (AvgIpc) is 2.92. The quantitative estimate of drug-likeness (QED) is 0.516. The molecule has 0 fully saturated rings. The van der Waals surface area contributed by atoms with Crippen LogP contribution in [0.1, 0.15) is 0 Å². The molecule has 4 rings (SSSR count). The number of nitrogen functional groups attached to an aromatic ring is 1. The molecule has 4 nitrogen and oxygen atoms in total. The van der Waals surface area contributed by atoms with Crippen molar-refractivity contribution in [2.45, 2.75) is 0 Å². The second-order valence-electron chi connectivity index (χ2n) is 4.71. The van der Waals surface area contributed by atoms with Crippen LogP contribution in [0, 0.1) is 0 Å². The van der Waals surface area contributed by atoms with Gasteiger partial charge in [0, 0.05) is 17.1 Å². The fourth-order valence-corrected chi connectivity index (χ4v) is 2.48. The van der Waals surface area contributed by atoms with Crippen LogP contribution in [0.3, 0.4) is 0 Å². The maximum Gasteiger partial charge on any atom is 0.140 e. The van der Waals surface area contributed by atoms with Gasteiger partial charge in [0.1, 0.15) is 11.3 Å². The number of hydrogen-bond donors (Lipinski definition) is 2. The van der Waals surface area contributed by atoms with Crippen molar-refractivity contribution in [1.82, 2.24) is 15.0 Å². The van der Waals surface area contributed by atoms with Crippen LogP contribution in [-0.4, -0.2) is 15.0 Å². The number of nitrogens with zero attached hydrogens (tertiary/aromatic N) is 2. The van der Waals surface area contributed by atoms with Gasteiger partial charge in [-0.05, 0) is 24.3 Å². The molecule has 4 aromatic rings. The predicted molar refractivity (Wildman–Crippen MR) is 81.2 cm³/mol. The highest BCUT2D eigenvalue weighted by Crippen LogP contribution is 2.28. The van der Waals surface area contributed by atoms with E-state index < -0.39 is 0 Å². The molecule has 0 aliphatic heterocycles. The van der Waals surface area contributed by atoms with Gasteiger partial charge in [0.05, 0.1) is 16.7 Å². The Hall–Kier alpha value is -2.88. The number of pyridine rings is 1. The summed E-state index contributed by atoms with van der Waals surface area (Å²) in [6, 6.07) is 15.8. The van der Waals surface area contributed by atoms with Gasteiger partial charge in [-0.25, -0.2) is 4.98 Å². The van der Waals surface area contributed by atoms with E-state index in [0.29, 0.717) is 5.69 Å². The zero-order valence-electron chi connectivity index (χ0n) is 10.7. The molecule has 0 spiro atoms. The number of H-pyrrole nitrogens is 1. The Morgan fingerprint density at radius 1 is 0.900 bits per heavy atom. The van der Waals surface area contributed by atoms with Crippen molar-refractivity contribution in [3.63, 3.8) is 0 Å². The Kier molecular flexibility index (Phi) is 2.23. The summed E-state index contributed by atoms with van der Waals surface area (Å²) in [5.74, 6) is 0.794. The van der Waals surface area contributed by atoms with Crippen LogP contribution in [0.2, 0.25) is 0 Å². The molecule has 0 aliphatic carbocycles. The van der Waals surface area contributed by atoms with E-state index in [0.717, 1.165) is 33.3 Å². The highest BCUT2D eigenvalue weighted by molar-refractivity contribution is 5.95. The van der Waals surface area contributed by atoms with E-state index in [-0.39, 0.29) is 0 Å². The van der Waals surface area contributed by atoms with Crippen molar-refractivity contribution in [1.29, 1.82) is 0 Å². The largest absolute Gasteiger partial charge is 0.397 e. The van der Waals surface area contributed by atoms with Gasteiger partial charge in [0.15, 0.2) is 0 Å². The maximum absolute atomic E-state index is 5.96. The van der Waals surface area contributed by atoms with Crippen LogP contribution in [0.5, 0.6) is 0 Å². The van der Waals surface area contributed by atoms with Crippen LogP contribution < -0.4 is 5.73 Å². The van der Waals surface area contributed by atoms with Crippen LogP contribution in [0.4, 0.5) is 5.69 Å². The Morgan fingerprint density at radius 3 is 2.65 bits per heavy atom. The predicted octanol–water partition coefficient (Wildman–Crippen LogP) is 3.36. The van der Waals surface area contributed by atoms with Crippen molar-refractivity contribution in [3.8, 4) is 11.4 Å². The molecule has 20 heavy (non-hydrogen) atoms. The molecule has 2 aromatic heterocycles. The Bertz CT molecular complexity index is 919. The van der Waals surface area contributed by atoms with E-state index in [4.69, 9.17) is 5.73 Å². The first-order chi connectivity index (χ1) is 9.83. The van der Waals surface area contributed by atoms with Crippen LogP contribution in [-0.2, 0) is 0 Å². The number of para-hydroxylation sites is 2. The molecule has 0 radical (unpaired) electrons. The third kappa shape index (κ3) is 1.55. The van der Waals surface area contributed by atoms with Gasteiger partial charge in [0.25, 0.3) is 0 Å². The summed E-state index contributed by atoms with van der Waals surface area (Å²) in [4.78, 5) is 12.4. The normalized spacial score (nSPS) is 11.2. The van der Waals surface area contributed by atoms with Crippen LogP contribution in [0.25, 0.3) is 33.3 Å². The first kappa shape index (κ1) is 11.0. The van der Waals surface area contributed by atoms with E-state index >= 15 is 0 Å². The molecule has 2 heterocycles. The maximum atomic E-state index is 5.96. The van der Waals surface area contributed by atoms with E-state index in [1.807, 2.05) is 48.5 Å². The highest BCUT2D eigenvalue weighted by atomic mass is 14.9. The molecule has 0 saturated carbocycles. The number of imidazole rings is 1. The van der Waals surface area contributed by atoms with Crippen molar-refractivity contribution >= 4 is 27.6 Å². The van der Waals surface area contributed by atoms with Gasteiger partial charge in [-0.15, -0.1) is 0 Å². The van der Waals surface area contributed by atoms with Gasteiger partial charge in [0.2, 0.25) is 0 Å². The zero-order valence-corrected chi connectivity index (χ0v) is 10.7. The van der Waals surface area contributed by atoms with Crippen LogP contribution in [0.15, 0.2) is 54.7 Å². The van der Waals surface area contributed by atoms with Gasteiger partial charge in [-0.2, -0.15) is 0 Å². The van der Waals surface area contributed by atoms with E-state index in [9.17, 15) is 0 Å². The molecule has 0 unspecified atom stereocenters. The summed E-state index contributed by atoms with van der Waals surface area (Å²) in [6.07, 6.45) is 1.79. The smallest absolute Gasteiger partial charge is 0.140 e. The summed E-state index contributed by atoms with van der Waals surface area (Å²) >= 11 is 0. The summed E-state index contributed by atoms with van der Waals surface area (Å²) in [7, 11) is 0. The number of aromatic amines is 1. The van der Waals surface area contributed by atoms with Gasteiger partial charge in [-0.1, -0.05) is 24.3 Å². The summed E-state index contributed by atoms with van der Waals surface area (Å²) < 4.78 is 0. The lowest BCUT2D eigenvalue weighted by Crippen LogP contribution is -1.86. The van der Waals surface area contributed by atoms with E-state index in [1.54, 1.807) is 6.20 Å². The molecule has 0 atom stereocenters. The molecule has 0 aliphatic rings.